The van der Waals surface area contributed by atoms with Gasteiger partial charge in [0, 0.05) is 13.5 Å². The van der Waals surface area contributed by atoms with Gasteiger partial charge in [-0.1, -0.05) is 5.21 Å². The number of carboxylic acid groups (broad SMARTS) is 1. The number of hydrogen-bond donors (Lipinski definition) is 2. The maximum absolute atomic E-state index is 10.6. The van der Waals surface area contributed by atoms with Crippen molar-refractivity contribution in [3.63, 3.8) is 0 Å². The molecule has 1 amide bonds. The number of rotatable bonds is 4. The molecule has 0 saturated carbocycles. The molecule has 7 heteroatoms. The summed E-state index contributed by atoms with van der Waals surface area (Å²) in [5, 5.41) is 18.5. The van der Waals surface area contributed by atoms with Gasteiger partial charge in [-0.3, -0.25) is 4.79 Å². The Labute approximate surface area is 86.1 Å². The van der Waals surface area contributed by atoms with Crippen molar-refractivity contribution >= 4 is 11.9 Å². The first-order chi connectivity index (χ1) is 7.02. The van der Waals surface area contributed by atoms with E-state index in [1.165, 1.54) is 11.6 Å². The molecule has 1 rings (SSSR count). The summed E-state index contributed by atoms with van der Waals surface area (Å²) in [6.45, 7) is 3.85. The summed E-state index contributed by atoms with van der Waals surface area (Å²) in [4.78, 5) is 21.2. The third-order valence-corrected chi connectivity index (χ3v) is 1.88. The van der Waals surface area contributed by atoms with Gasteiger partial charge in [0.25, 0.3) is 0 Å². The zero-order valence-corrected chi connectivity index (χ0v) is 8.52. The topological polar surface area (TPSA) is 97.1 Å². The van der Waals surface area contributed by atoms with E-state index in [1.54, 1.807) is 6.92 Å². The van der Waals surface area contributed by atoms with Gasteiger partial charge in [-0.2, -0.15) is 0 Å². The van der Waals surface area contributed by atoms with Crippen LogP contribution >= 0.6 is 0 Å². The van der Waals surface area contributed by atoms with E-state index < -0.39 is 5.97 Å². The molecule has 0 aromatic carbocycles. The number of carbonyl (C=O) groups excluding carboxylic acids is 1. The van der Waals surface area contributed by atoms with E-state index in [-0.39, 0.29) is 11.6 Å². The maximum Gasteiger partial charge on any atom is 0.358 e. The van der Waals surface area contributed by atoms with Crippen molar-refractivity contribution in [2.45, 2.75) is 20.4 Å². The fraction of sp³-hybridized carbons (Fsp3) is 0.500. The van der Waals surface area contributed by atoms with Crippen molar-refractivity contribution in [1.82, 2.24) is 20.3 Å². The number of amides is 1. The molecular weight excluding hydrogens is 200 g/mol. The van der Waals surface area contributed by atoms with Crippen molar-refractivity contribution in [3.05, 3.63) is 11.4 Å². The molecule has 0 atom stereocenters. The van der Waals surface area contributed by atoms with Crippen molar-refractivity contribution in [1.29, 1.82) is 0 Å². The monoisotopic (exact) mass is 212 g/mol. The first-order valence-electron chi connectivity index (χ1n) is 4.40. The summed E-state index contributed by atoms with van der Waals surface area (Å²) in [5.41, 5.74) is 0.422. The van der Waals surface area contributed by atoms with Crippen molar-refractivity contribution in [3.8, 4) is 0 Å². The predicted octanol–water partition coefficient (Wildman–Crippen LogP) is -0.579. The molecule has 0 unspecified atom stereocenters. The van der Waals surface area contributed by atoms with E-state index >= 15 is 0 Å². The van der Waals surface area contributed by atoms with Crippen LogP contribution in [0.4, 0.5) is 0 Å². The van der Waals surface area contributed by atoms with E-state index in [4.69, 9.17) is 5.11 Å². The number of nitrogens with one attached hydrogen (secondary N) is 1. The average molecular weight is 212 g/mol. The maximum atomic E-state index is 10.6. The Morgan fingerprint density at radius 3 is 2.67 bits per heavy atom. The third kappa shape index (κ3) is 2.76. The van der Waals surface area contributed by atoms with Gasteiger partial charge in [-0.05, 0) is 6.92 Å². The number of nitrogens with zero attached hydrogens (tertiary/aromatic N) is 3. The fourth-order valence-corrected chi connectivity index (χ4v) is 1.11. The summed E-state index contributed by atoms with van der Waals surface area (Å²) >= 11 is 0. The van der Waals surface area contributed by atoms with Gasteiger partial charge in [0.1, 0.15) is 0 Å². The van der Waals surface area contributed by atoms with Crippen LogP contribution in [0, 0.1) is 6.92 Å². The van der Waals surface area contributed by atoms with Gasteiger partial charge in [-0.15, -0.1) is 5.10 Å². The molecule has 0 radical (unpaired) electrons. The molecule has 1 aromatic heterocycles. The average Bonchev–Trinajstić information content (AvgIpc) is 2.47. The van der Waals surface area contributed by atoms with Crippen LogP contribution < -0.4 is 5.32 Å². The van der Waals surface area contributed by atoms with E-state index in [1.807, 2.05) is 0 Å². The van der Waals surface area contributed by atoms with Crippen LogP contribution in [0.3, 0.4) is 0 Å². The van der Waals surface area contributed by atoms with Crippen molar-refractivity contribution in [2.75, 3.05) is 6.54 Å². The molecule has 1 heterocycles. The summed E-state index contributed by atoms with van der Waals surface area (Å²) in [5.74, 6) is -1.23. The lowest BCUT2D eigenvalue weighted by atomic mass is 10.3. The highest BCUT2D eigenvalue weighted by molar-refractivity contribution is 5.86. The van der Waals surface area contributed by atoms with Gasteiger partial charge in [0.15, 0.2) is 5.69 Å². The standard InChI is InChI=1S/C8H12N4O3/c1-5-7(8(14)15)10-11-12(5)4-3-9-6(2)13/h3-4H2,1-2H3,(H,9,13)(H,14,15). The molecule has 2 N–H and O–H groups in total. The smallest absolute Gasteiger partial charge is 0.358 e. The highest BCUT2D eigenvalue weighted by Crippen LogP contribution is 2.02. The van der Waals surface area contributed by atoms with Crippen LogP contribution in [0.2, 0.25) is 0 Å². The Bertz CT molecular complexity index is 385. The Morgan fingerprint density at radius 2 is 2.20 bits per heavy atom. The molecule has 0 aliphatic rings. The minimum absolute atomic E-state index is 0.0576. The Hall–Kier alpha value is -1.92. The zero-order chi connectivity index (χ0) is 11.4. The van der Waals surface area contributed by atoms with Gasteiger partial charge in [-0.25, -0.2) is 9.48 Å². The van der Waals surface area contributed by atoms with Gasteiger partial charge < -0.3 is 10.4 Å². The molecule has 7 nitrogen and oxygen atoms in total. The van der Waals surface area contributed by atoms with Crippen LogP contribution in [0.1, 0.15) is 23.1 Å². The van der Waals surface area contributed by atoms with E-state index in [0.29, 0.717) is 18.8 Å². The lowest BCUT2D eigenvalue weighted by Crippen LogP contribution is -2.25. The summed E-state index contributed by atoms with van der Waals surface area (Å²) in [6.07, 6.45) is 0. The van der Waals surface area contributed by atoms with Gasteiger partial charge in [0.05, 0.1) is 12.2 Å². The molecule has 0 bridgehead atoms. The van der Waals surface area contributed by atoms with Crippen LogP contribution in [0.15, 0.2) is 0 Å². The summed E-state index contributed by atoms with van der Waals surface area (Å²) in [7, 11) is 0. The normalized spacial score (nSPS) is 10.0. The number of aromatic carboxylic acids is 1. The predicted molar refractivity (Wildman–Crippen MR) is 50.4 cm³/mol. The van der Waals surface area contributed by atoms with Crippen LogP contribution in [-0.2, 0) is 11.3 Å². The van der Waals surface area contributed by atoms with Crippen molar-refractivity contribution < 1.29 is 14.7 Å². The number of carbonyl (C=O) groups is 2. The SMILES string of the molecule is CC(=O)NCCn1nnc(C(=O)O)c1C. The van der Waals surface area contributed by atoms with E-state index in [2.05, 4.69) is 15.6 Å². The number of hydrogen-bond acceptors (Lipinski definition) is 4. The van der Waals surface area contributed by atoms with E-state index in [0.717, 1.165) is 0 Å². The molecule has 15 heavy (non-hydrogen) atoms. The lowest BCUT2D eigenvalue weighted by molar-refractivity contribution is -0.119. The molecule has 0 spiro atoms. The molecule has 0 fully saturated rings. The second kappa shape index (κ2) is 4.54. The van der Waals surface area contributed by atoms with Gasteiger partial charge >= 0.3 is 5.97 Å². The van der Waals surface area contributed by atoms with E-state index in [9.17, 15) is 9.59 Å². The molecular formula is C8H12N4O3. The quantitative estimate of drug-likeness (QED) is 0.696. The van der Waals surface area contributed by atoms with Crippen LogP contribution in [0.25, 0.3) is 0 Å². The second-order valence-electron chi connectivity index (χ2n) is 3.03. The first-order valence-corrected chi connectivity index (χ1v) is 4.40. The second-order valence-corrected chi connectivity index (χ2v) is 3.03. The molecule has 0 saturated heterocycles. The highest BCUT2D eigenvalue weighted by Gasteiger charge is 2.14. The number of aromatic nitrogens is 3. The van der Waals surface area contributed by atoms with Crippen molar-refractivity contribution in [2.24, 2.45) is 0 Å². The Balaban J connectivity index is 2.63. The zero-order valence-electron chi connectivity index (χ0n) is 8.52. The van der Waals surface area contributed by atoms with Gasteiger partial charge in [0.2, 0.25) is 5.91 Å². The Morgan fingerprint density at radius 1 is 1.53 bits per heavy atom. The first kappa shape index (κ1) is 11.2. The molecule has 0 aliphatic heterocycles. The largest absolute Gasteiger partial charge is 0.476 e. The highest BCUT2D eigenvalue weighted by atomic mass is 16.4. The minimum atomic E-state index is -1.10. The van der Waals surface area contributed by atoms with Crippen LogP contribution in [-0.4, -0.2) is 38.5 Å². The summed E-state index contributed by atoms with van der Waals surface area (Å²) < 4.78 is 1.44. The lowest BCUT2D eigenvalue weighted by Gasteiger charge is -2.03. The Kier molecular flexibility index (Phi) is 3.37. The molecule has 0 aliphatic carbocycles. The third-order valence-electron chi connectivity index (χ3n) is 1.88. The molecule has 1 aromatic rings. The number of carboxylic acids is 1. The summed E-state index contributed by atoms with van der Waals surface area (Å²) in [6, 6.07) is 0. The van der Waals surface area contributed by atoms with Crippen LogP contribution in [0.5, 0.6) is 0 Å². The fourth-order valence-electron chi connectivity index (χ4n) is 1.11. The minimum Gasteiger partial charge on any atom is -0.476 e. The molecule has 82 valence electrons.